The Labute approximate surface area is 198 Å². The van der Waals surface area contributed by atoms with E-state index in [9.17, 15) is 23.7 Å². The van der Waals surface area contributed by atoms with Crippen LogP contribution >= 0.6 is 0 Å². The fraction of sp³-hybridized carbons (Fsp3) is 0.208. The number of amides is 1. The van der Waals surface area contributed by atoms with Crippen molar-refractivity contribution >= 4 is 28.3 Å². The zero-order valence-electron chi connectivity index (χ0n) is 19.1. The molecule has 0 spiro atoms. The van der Waals surface area contributed by atoms with Gasteiger partial charge in [0.05, 0.1) is 27.8 Å². The fourth-order valence-corrected chi connectivity index (χ4v) is 3.77. The molecule has 4 aromatic rings. The number of nitrogens with zero attached hydrogens (tertiary/aromatic N) is 4. The second kappa shape index (κ2) is 9.45. The van der Waals surface area contributed by atoms with Crippen LogP contribution in [0.4, 0.5) is 20.2 Å². The summed E-state index contributed by atoms with van der Waals surface area (Å²) in [4.78, 5) is 27.9. The Morgan fingerprint density at radius 3 is 2.60 bits per heavy atom. The summed E-state index contributed by atoms with van der Waals surface area (Å²) in [5.41, 5.74) is 1.46. The van der Waals surface area contributed by atoms with Crippen molar-refractivity contribution in [2.75, 3.05) is 5.32 Å². The lowest BCUT2D eigenvalue weighted by molar-refractivity contribution is -0.384. The number of benzene rings is 2. The van der Waals surface area contributed by atoms with E-state index in [2.05, 4.69) is 15.4 Å². The summed E-state index contributed by atoms with van der Waals surface area (Å²) in [5, 5.41) is 18.4. The van der Waals surface area contributed by atoms with Crippen LogP contribution < -0.4 is 10.1 Å². The largest absolute Gasteiger partial charge is 0.457 e. The molecule has 0 atom stereocenters. The summed E-state index contributed by atoms with van der Waals surface area (Å²) < 4.78 is 34.0. The number of non-ortho nitro benzene ring substituents is 1. The lowest BCUT2D eigenvalue weighted by Crippen LogP contribution is -2.20. The van der Waals surface area contributed by atoms with Gasteiger partial charge in [-0.15, -0.1) is 0 Å². The Morgan fingerprint density at radius 2 is 1.91 bits per heavy atom. The molecule has 4 rings (SSSR count). The van der Waals surface area contributed by atoms with Crippen LogP contribution in [0.25, 0.3) is 11.0 Å². The van der Waals surface area contributed by atoms with Gasteiger partial charge in [0.25, 0.3) is 12.1 Å². The average Bonchev–Trinajstić information content (AvgIpc) is 3.07. The molecule has 0 aliphatic carbocycles. The molecule has 1 amide bonds. The van der Waals surface area contributed by atoms with Gasteiger partial charge in [0.1, 0.15) is 18.0 Å². The molecule has 0 fully saturated rings. The molecule has 35 heavy (non-hydrogen) atoms. The van der Waals surface area contributed by atoms with Gasteiger partial charge in [-0.05, 0) is 44.5 Å². The first kappa shape index (κ1) is 23.7. The van der Waals surface area contributed by atoms with Crippen molar-refractivity contribution in [2.24, 2.45) is 0 Å². The number of anilines is 1. The number of aryl methyl sites for hydroxylation is 3. The minimum Gasteiger partial charge on any atom is -0.457 e. The number of pyridine rings is 1. The van der Waals surface area contributed by atoms with E-state index in [0.29, 0.717) is 17.1 Å². The molecule has 2 aromatic heterocycles. The molecule has 0 radical (unpaired) electrons. The highest BCUT2D eigenvalue weighted by Gasteiger charge is 2.21. The molecule has 0 saturated carbocycles. The SMILES string of the molecule is Cc1cccc(Oc2cc(NC(=O)Cn3nc(C)c4c(C(F)F)cc(C)nc43)cc([N+](=O)[O-])c2)c1. The standard InChI is InChI=1S/C24H21F2N5O4/c1-13-5-4-6-18(7-13)35-19-10-16(9-17(11-19)31(33)34)28-21(32)12-30-24-22(15(3)29-30)20(23(25)26)8-14(2)27-24/h4-11,23H,12H2,1-3H3,(H,28,32). The van der Waals surface area contributed by atoms with Crippen LogP contribution in [-0.2, 0) is 11.3 Å². The van der Waals surface area contributed by atoms with E-state index in [1.807, 2.05) is 13.0 Å². The van der Waals surface area contributed by atoms with Crippen LogP contribution in [-0.4, -0.2) is 25.6 Å². The number of nitro groups is 1. The van der Waals surface area contributed by atoms with E-state index < -0.39 is 17.3 Å². The lowest BCUT2D eigenvalue weighted by atomic mass is 10.1. The van der Waals surface area contributed by atoms with Crippen LogP contribution in [0.15, 0.2) is 48.5 Å². The van der Waals surface area contributed by atoms with Crippen molar-refractivity contribution in [3.8, 4) is 11.5 Å². The van der Waals surface area contributed by atoms with Crippen LogP contribution in [0.3, 0.4) is 0 Å². The number of nitrogens with one attached hydrogen (secondary N) is 1. The Hall–Kier alpha value is -4.41. The molecule has 2 aromatic carbocycles. The molecule has 0 saturated heterocycles. The quantitative estimate of drug-likeness (QED) is 0.270. The number of ether oxygens (including phenoxy) is 1. The van der Waals surface area contributed by atoms with Gasteiger partial charge >= 0.3 is 0 Å². The summed E-state index contributed by atoms with van der Waals surface area (Å²) in [6, 6.07) is 12.3. The Bertz CT molecular complexity index is 1450. The van der Waals surface area contributed by atoms with Crippen molar-refractivity contribution in [3.05, 3.63) is 81.2 Å². The molecule has 9 nitrogen and oxygen atoms in total. The molecule has 11 heteroatoms. The number of hydrogen-bond acceptors (Lipinski definition) is 6. The first-order valence-electron chi connectivity index (χ1n) is 10.6. The van der Waals surface area contributed by atoms with Gasteiger partial charge in [0.15, 0.2) is 5.65 Å². The second-order valence-corrected chi connectivity index (χ2v) is 8.03. The zero-order chi connectivity index (χ0) is 25.3. The highest BCUT2D eigenvalue weighted by molar-refractivity contribution is 5.92. The minimum atomic E-state index is -2.72. The van der Waals surface area contributed by atoms with Crippen LogP contribution in [0.1, 0.15) is 28.9 Å². The van der Waals surface area contributed by atoms with E-state index in [0.717, 1.165) is 5.56 Å². The van der Waals surface area contributed by atoms with Gasteiger partial charge in [0.2, 0.25) is 5.91 Å². The maximum absolute atomic E-state index is 13.5. The predicted molar refractivity (Wildman–Crippen MR) is 125 cm³/mol. The van der Waals surface area contributed by atoms with Crippen molar-refractivity contribution in [2.45, 2.75) is 33.7 Å². The summed E-state index contributed by atoms with van der Waals surface area (Å²) in [6.45, 7) is 4.69. The van der Waals surface area contributed by atoms with Gasteiger partial charge in [-0.3, -0.25) is 14.9 Å². The first-order valence-corrected chi connectivity index (χ1v) is 10.6. The molecular weight excluding hydrogens is 460 g/mol. The third-order valence-electron chi connectivity index (χ3n) is 5.18. The molecule has 0 aliphatic heterocycles. The number of hydrogen-bond donors (Lipinski definition) is 1. The van der Waals surface area contributed by atoms with E-state index in [1.54, 1.807) is 32.0 Å². The summed E-state index contributed by atoms with van der Waals surface area (Å²) in [6.07, 6.45) is -2.72. The monoisotopic (exact) mass is 481 g/mol. The fourth-order valence-electron chi connectivity index (χ4n) is 3.77. The van der Waals surface area contributed by atoms with Crippen molar-refractivity contribution in [1.82, 2.24) is 14.8 Å². The number of carbonyl (C=O) groups excluding carboxylic acids is 1. The van der Waals surface area contributed by atoms with Crippen LogP contribution in [0, 0.1) is 30.9 Å². The number of aromatic nitrogens is 3. The third kappa shape index (κ3) is 5.24. The molecule has 2 heterocycles. The van der Waals surface area contributed by atoms with E-state index in [1.165, 1.54) is 28.9 Å². The molecule has 0 bridgehead atoms. The number of halogens is 2. The number of nitro benzene ring substituents is 1. The van der Waals surface area contributed by atoms with Gasteiger partial charge in [-0.1, -0.05) is 12.1 Å². The average molecular weight is 481 g/mol. The number of fused-ring (bicyclic) bond motifs is 1. The van der Waals surface area contributed by atoms with Gasteiger partial charge in [0, 0.05) is 23.4 Å². The Balaban J connectivity index is 1.61. The molecule has 0 aliphatic rings. The third-order valence-corrected chi connectivity index (χ3v) is 5.18. The molecule has 0 unspecified atom stereocenters. The van der Waals surface area contributed by atoms with Crippen LogP contribution in [0.2, 0.25) is 0 Å². The smallest absolute Gasteiger partial charge is 0.275 e. The lowest BCUT2D eigenvalue weighted by Gasteiger charge is -2.10. The van der Waals surface area contributed by atoms with Gasteiger partial charge in [-0.2, -0.15) is 5.10 Å². The number of rotatable bonds is 7. The maximum atomic E-state index is 13.5. The molecule has 1 N–H and O–H groups in total. The number of carbonyl (C=O) groups is 1. The van der Waals surface area contributed by atoms with Crippen molar-refractivity contribution in [1.29, 1.82) is 0 Å². The summed E-state index contributed by atoms with van der Waals surface area (Å²) in [5.74, 6) is 0.0789. The predicted octanol–water partition coefficient (Wildman–Crippen LogP) is 5.63. The normalized spacial score (nSPS) is 11.1. The van der Waals surface area contributed by atoms with Crippen LogP contribution in [0.5, 0.6) is 11.5 Å². The molecular formula is C24H21F2N5O4. The van der Waals surface area contributed by atoms with E-state index in [-0.39, 0.29) is 40.3 Å². The second-order valence-electron chi connectivity index (χ2n) is 8.03. The van der Waals surface area contributed by atoms with Gasteiger partial charge in [-0.25, -0.2) is 18.4 Å². The van der Waals surface area contributed by atoms with E-state index >= 15 is 0 Å². The molecule has 180 valence electrons. The summed E-state index contributed by atoms with van der Waals surface area (Å²) >= 11 is 0. The highest BCUT2D eigenvalue weighted by Crippen LogP contribution is 2.31. The highest BCUT2D eigenvalue weighted by atomic mass is 19.3. The van der Waals surface area contributed by atoms with E-state index in [4.69, 9.17) is 4.74 Å². The van der Waals surface area contributed by atoms with Crippen molar-refractivity contribution < 1.29 is 23.2 Å². The first-order chi connectivity index (χ1) is 16.6. The minimum absolute atomic E-state index is 0.137. The van der Waals surface area contributed by atoms with Gasteiger partial charge < -0.3 is 10.1 Å². The van der Waals surface area contributed by atoms with Crippen molar-refractivity contribution in [3.63, 3.8) is 0 Å². The number of alkyl halides is 2. The summed E-state index contributed by atoms with van der Waals surface area (Å²) in [7, 11) is 0. The zero-order valence-corrected chi connectivity index (χ0v) is 19.1. The topological polar surface area (TPSA) is 112 Å². The maximum Gasteiger partial charge on any atom is 0.275 e. The Morgan fingerprint density at radius 1 is 1.14 bits per heavy atom. The Kier molecular flexibility index (Phi) is 6.41.